The third-order valence-electron chi connectivity index (χ3n) is 3.17. The minimum Gasteiger partial charge on any atom is -0.462 e. The van der Waals surface area contributed by atoms with E-state index in [-0.39, 0.29) is 23.8 Å². The number of hydrogen-bond acceptors (Lipinski definition) is 6. The predicted octanol–water partition coefficient (Wildman–Crippen LogP) is 1.54. The molecule has 0 bridgehead atoms. The summed E-state index contributed by atoms with van der Waals surface area (Å²) in [7, 11) is 0. The molecule has 0 radical (unpaired) electrons. The lowest BCUT2D eigenvalue weighted by Gasteiger charge is -2.25. The van der Waals surface area contributed by atoms with Crippen LogP contribution >= 0.6 is 0 Å². The molecule has 0 saturated carbocycles. The number of nitrogens with one attached hydrogen (secondary N) is 1. The molecule has 2 aliphatic rings. The van der Waals surface area contributed by atoms with E-state index >= 15 is 0 Å². The summed E-state index contributed by atoms with van der Waals surface area (Å²) < 4.78 is 10.4. The van der Waals surface area contributed by atoms with Gasteiger partial charge in [0.25, 0.3) is 0 Å². The number of rotatable bonds is 3. The smallest absolute Gasteiger partial charge is 0.344 e. The molecule has 0 aromatic heterocycles. The predicted molar refractivity (Wildman–Crippen MR) is 80.8 cm³/mol. The molecule has 6 heteroatoms. The van der Waals surface area contributed by atoms with Crippen LogP contribution in [0.5, 0.6) is 0 Å². The minimum absolute atomic E-state index is 0.0556. The zero-order valence-corrected chi connectivity index (χ0v) is 12.7. The summed E-state index contributed by atoms with van der Waals surface area (Å²) >= 11 is 0. The lowest BCUT2D eigenvalue weighted by molar-refractivity contribution is -0.138. The van der Waals surface area contributed by atoms with Crippen LogP contribution < -0.4 is 11.1 Å². The molecule has 2 rings (SSSR count). The van der Waals surface area contributed by atoms with Crippen molar-refractivity contribution in [3.63, 3.8) is 0 Å². The fourth-order valence-electron chi connectivity index (χ4n) is 2.34. The molecule has 0 fully saturated rings. The summed E-state index contributed by atoms with van der Waals surface area (Å²) in [6.07, 6.45) is 7.04. The van der Waals surface area contributed by atoms with E-state index in [1.54, 1.807) is 38.3 Å². The van der Waals surface area contributed by atoms with Gasteiger partial charge in [-0.05, 0) is 32.9 Å². The zero-order chi connectivity index (χ0) is 16.3. The van der Waals surface area contributed by atoms with Gasteiger partial charge in [-0.3, -0.25) is 4.79 Å². The van der Waals surface area contributed by atoms with Crippen molar-refractivity contribution in [2.75, 3.05) is 6.61 Å². The highest BCUT2D eigenvalue weighted by molar-refractivity contribution is 6.07. The fourth-order valence-corrected chi connectivity index (χ4v) is 2.34. The number of Topliss-reactive ketones (excluding diaryl/α,β-unsaturated/α-hetero) is 1. The van der Waals surface area contributed by atoms with Gasteiger partial charge in [0.15, 0.2) is 5.78 Å². The quantitative estimate of drug-likeness (QED) is 0.769. The van der Waals surface area contributed by atoms with Crippen LogP contribution in [-0.4, -0.2) is 18.4 Å². The van der Waals surface area contributed by atoms with Crippen molar-refractivity contribution < 1.29 is 19.1 Å². The molecule has 0 aromatic rings. The van der Waals surface area contributed by atoms with E-state index in [9.17, 15) is 9.59 Å². The molecular weight excluding hydrogens is 284 g/mol. The van der Waals surface area contributed by atoms with Crippen LogP contribution in [0.1, 0.15) is 20.8 Å². The Balaban J connectivity index is 2.67. The zero-order valence-electron chi connectivity index (χ0n) is 12.7. The number of carbonyl (C=O) groups is 2. The van der Waals surface area contributed by atoms with Gasteiger partial charge >= 0.3 is 5.97 Å². The van der Waals surface area contributed by atoms with Gasteiger partial charge in [-0.1, -0.05) is 6.08 Å². The molecule has 0 unspecified atom stereocenters. The summed E-state index contributed by atoms with van der Waals surface area (Å²) in [5.74, 6) is -0.573. The van der Waals surface area contributed by atoms with Crippen LogP contribution in [0.25, 0.3) is 0 Å². The first-order valence-electron chi connectivity index (χ1n) is 6.88. The molecule has 2 heterocycles. The van der Waals surface area contributed by atoms with E-state index in [2.05, 4.69) is 5.32 Å². The van der Waals surface area contributed by atoms with Gasteiger partial charge in [0.05, 0.1) is 12.2 Å². The van der Waals surface area contributed by atoms with E-state index in [1.165, 1.54) is 6.92 Å². The first-order valence-corrected chi connectivity index (χ1v) is 6.88. The maximum absolute atomic E-state index is 12.3. The van der Waals surface area contributed by atoms with E-state index < -0.39 is 5.97 Å². The molecule has 6 nitrogen and oxygen atoms in total. The Bertz CT molecular complexity index is 678. The first-order chi connectivity index (χ1) is 10.5. The lowest BCUT2D eigenvalue weighted by Crippen LogP contribution is -2.27. The summed E-state index contributed by atoms with van der Waals surface area (Å²) in [5.41, 5.74) is 7.21. The fraction of sp³-hybridized carbons (Fsp3) is 0.250. The summed E-state index contributed by atoms with van der Waals surface area (Å²) in [6, 6.07) is 0. The first kappa shape index (κ1) is 15.6. The average Bonchev–Trinajstić information content (AvgIpc) is 2.47. The lowest BCUT2D eigenvalue weighted by atomic mass is 9.90. The Morgan fingerprint density at radius 3 is 2.59 bits per heavy atom. The van der Waals surface area contributed by atoms with Gasteiger partial charge in [-0.25, -0.2) is 4.79 Å². The van der Waals surface area contributed by atoms with Gasteiger partial charge in [0.1, 0.15) is 11.3 Å². The largest absolute Gasteiger partial charge is 0.462 e. The maximum Gasteiger partial charge on any atom is 0.344 e. The molecule has 0 spiro atoms. The summed E-state index contributed by atoms with van der Waals surface area (Å²) in [5, 5.41) is 3.01. The number of dihydropyridines is 1. The number of carbonyl (C=O) groups excluding carboxylic acids is 2. The number of hydrogen-bond donors (Lipinski definition) is 2. The molecule has 0 saturated heterocycles. The number of ether oxygens (including phenoxy) is 2. The highest BCUT2D eigenvalue weighted by Crippen LogP contribution is 2.34. The molecule has 22 heavy (non-hydrogen) atoms. The van der Waals surface area contributed by atoms with Crippen molar-refractivity contribution in [2.24, 2.45) is 5.73 Å². The Hall–Kier alpha value is -2.76. The minimum atomic E-state index is -0.626. The molecule has 0 aromatic carbocycles. The number of allylic oxidation sites excluding steroid dienone is 5. The van der Waals surface area contributed by atoms with E-state index in [0.29, 0.717) is 22.6 Å². The van der Waals surface area contributed by atoms with Crippen molar-refractivity contribution in [2.45, 2.75) is 20.8 Å². The van der Waals surface area contributed by atoms with Crippen LogP contribution in [0.2, 0.25) is 0 Å². The van der Waals surface area contributed by atoms with Crippen LogP contribution in [0, 0.1) is 0 Å². The number of nitrogens with two attached hydrogens (primary N) is 1. The molecule has 0 aliphatic carbocycles. The van der Waals surface area contributed by atoms with Crippen LogP contribution in [0.4, 0.5) is 0 Å². The molecule has 3 N–H and O–H groups in total. The molecule has 116 valence electrons. The standard InChI is InChI=1S/C16H18N2O4/c1-4-21-16(20)14-13(11-7-5-6-8-18-11)12(9(2)19)10(3)22-15(14)17/h5-8,18H,4,17H2,1-3H3/b13-11-. The van der Waals surface area contributed by atoms with Crippen molar-refractivity contribution in [3.05, 3.63) is 58.5 Å². The van der Waals surface area contributed by atoms with E-state index in [4.69, 9.17) is 15.2 Å². The van der Waals surface area contributed by atoms with E-state index in [0.717, 1.165) is 0 Å². The normalized spacial score (nSPS) is 20.7. The number of ketones is 1. The molecule has 0 amide bonds. The van der Waals surface area contributed by atoms with Crippen LogP contribution in [0.15, 0.2) is 58.5 Å². The van der Waals surface area contributed by atoms with Crippen molar-refractivity contribution in [1.29, 1.82) is 0 Å². The Morgan fingerprint density at radius 1 is 1.32 bits per heavy atom. The van der Waals surface area contributed by atoms with Gasteiger partial charge in [0.2, 0.25) is 5.88 Å². The summed E-state index contributed by atoms with van der Waals surface area (Å²) in [6.45, 7) is 4.93. The van der Waals surface area contributed by atoms with Crippen molar-refractivity contribution in [3.8, 4) is 0 Å². The third kappa shape index (κ3) is 2.81. The Kier molecular flexibility index (Phi) is 4.50. The third-order valence-corrected chi connectivity index (χ3v) is 3.17. The second-order valence-electron chi connectivity index (χ2n) is 4.70. The van der Waals surface area contributed by atoms with Crippen molar-refractivity contribution in [1.82, 2.24) is 5.32 Å². The Labute approximate surface area is 128 Å². The van der Waals surface area contributed by atoms with Gasteiger partial charge in [-0.2, -0.15) is 0 Å². The SMILES string of the molecule is CCOC(=O)C1=C(N)OC(C)=C(C(C)=O)/C1=C1\C=CC=CN1. The van der Waals surface area contributed by atoms with Crippen molar-refractivity contribution >= 4 is 11.8 Å². The van der Waals surface area contributed by atoms with Gasteiger partial charge in [0, 0.05) is 17.5 Å². The van der Waals surface area contributed by atoms with Gasteiger partial charge < -0.3 is 20.5 Å². The molecule has 2 aliphatic heterocycles. The Morgan fingerprint density at radius 2 is 2.05 bits per heavy atom. The van der Waals surface area contributed by atoms with Crippen LogP contribution in [0.3, 0.4) is 0 Å². The topological polar surface area (TPSA) is 90.7 Å². The molecular formula is C16H18N2O4. The van der Waals surface area contributed by atoms with Gasteiger partial charge in [-0.15, -0.1) is 0 Å². The van der Waals surface area contributed by atoms with Crippen LogP contribution in [-0.2, 0) is 19.1 Å². The number of esters is 1. The second-order valence-corrected chi connectivity index (χ2v) is 4.70. The highest BCUT2D eigenvalue weighted by Gasteiger charge is 2.34. The maximum atomic E-state index is 12.3. The highest BCUT2D eigenvalue weighted by atomic mass is 16.5. The van der Waals surface area contributed by atoms with E-state index in [1.807, 2.05) is 0 Å². The average molecular weight is 302 g/mol. The summed E-state index contributed by atoms with van der Waals surface area (Å²) in [4.78, 5) is 24.3. The molecule has 0 atom stereocenters. The second kappa shape index (κ2) is 6.34. The monoisotopic (exact) mass is 302 g/mol.